The van der Waals surface area contributed by atoms with Crippen molar-refractivity contribution >= 4 is 21.6 Å². The molecule has 0 aliphatic heterocycles. The summed E-state index contributed by atoms with van der Waals surface area (Å²) in [6.45, 7) is 1.86. The molecule has 13 heavy (non-hydrogen) atoms. The van der Waals surface area contributed by atoms with Crippen molar-refractivity contribution < 1.29 is 0 Å². The Morgan fingerprint density at radius 3 is 2.85 bits per heavy atom. The van der Waals surface area contributed by atoms with Crippen LogP contribution in [-0.4, -0.2) is 5.71 Å². The van der Waals surface area contributed by atoms with Gasteiger partial charge < -0.3 is 5.41 Å². The molecule has 0 saturated heterocycles. The van der Waals surface area contributed by atoms with Gasteiger partial charge in [-0.05, 0) is 43.9 Å². The van der Waals surface area contributed by atoms with Crippen molar-refractivity contribution in [2.75, 3.05) is 0 Å². The van der Waals surface area contributed by atoms with Crippen LogP contribution in [0.3, 0.4) is 0 Å². The molecule has 70 valence electrons. The Bertz CT molecular complexity index is 294. The van der Waals surface area contributed by atoms with Gasteiger partial charge in [-0.1, -0.05) is 28.1 Å². The van der Waals surface area contributed by atoms with Gasteiger partial charge in [-0.15, -0.1) is 0 Å². The maximum atomic E-state index is 7.29. The monoisotopic (exact) mass is 236 g/mol. The van der Waals surface area contributed by atoms with Crippen LogP contribution in [0.1, 0.15) is 25.3 Å². The van der Waals surface area contributed by atoms with E-state index < -0.39 is 0 Å². The average molecular weight is 236 g/mol. The number of rotatable bonds is 4. The third-order valence-corrected chi connectivity index (χ3v) is 2.40. The molecule has 0 spiro atoms. The molecule has 0 aromatic heterocycles. The van der Waals surface area contributed by atoms with E-state index in [-0.39, 0.29) is 0 Å². The third kappa shape index (κ3) is 4.23. The van der Waals surface area contributed by atoms with E-state index in [1.807, 2.05) is 13.0 Å². The zero-order valence-electron chi connectivity index (χ0n) is 7.81. The molecule has 1 rings (SSSR count). The molecule has 1 aromatic carbocycles. The lowest BCUT2D eigenvalue weighted by atomic mass is 10.1. The van der Waals surface area contributed by atoms with Gasteiger partial charge in [-0.3, -0.25) is 0 Å². The Kier molecular flexibility index (Phi) is 4.16. The Morgan fingerprint density at radius 1 is 1.46 bits per heavy atom. The predicted molar refractivity (Wildman–Crippen MR) is 60.5 cm³/mol. The van der Waals surface area contributed by atoms with Crippen LogP contribution in [0.25, 0.3) is 0 Å². The van der Waals surface area contributed by atoms with E-state index in [0.717, 1.165) is 29.4 Å². The van der Waals surface area contributed by atoms with Crippen molar-refractivity contribution in [3.8, 4) is 0 Å². The summed E-state index contributed by atoms with van der Waals surface area (Å²) in [5.74, 6) is 0. The highest BCUT2D eigenvalue weighted by atomic mass is 75.9. The summed E-state index contributed by atoms with van der Waals surface area (Å²) >= 11 is 3.44. The highest BCUT2D eigenvalue weighted by molar-refractivity contribution is 9.10. The van der Waals surface area contributed by atoms with Gasteiger partial charge in [-0.2, -0.15) is 0 Å². The summed E-state index contributed by atoms with van der Waals surface area (Å²) in [7, 11) is 0. The molecule has 0 atom stereocenters. The molecule has 0 bridgehead atoms. The molecule has 1 nitrogen and oxygen atoms in total. The van der Waals surface area contributed by atoms with Crippen LogP contribution in [0.5, 0.6) is 0 Å². The van der Waals surface area contributed by atoms with Crippen molar-refractivity contribution in [1.82, 2.24) is 0 Å². The van der Waals surface area contributed by atoms with Gasteiger partial charge in [0.1, 0.15) is 0 Å². The first kappa shape index (κ1) is 10.5. The zero-order valence-corrected chi connectivity index (χ0v) is 9.39. The minimum atomic E-state index is 0.773. The van der Waals surface area contributed by atoms with Crippen LogP contribution >= 0.6 is 15.9 Å². The molecule has 0 aliphatic rings. The predicted octanol–water partition coefficient (Wildman–Crippen LogP) is 3.81. The molecule has 0 saturated carbocycles. The molecule has 0 radical (unpaired) electrons. The largest absolute Gasteiger partial charge is 0.310 e. The fourth-order valence-corrected chi connectivity index (χ4v) is 1.70. The van der Waals surface area contributed by atoms with Crippen LogP contribution in [0.15, 0.2) is 28.7 Å². The van der Waals surface area contributed by atoms with Gasteiger partial charge in [0.25, 0.3) is 0 Å². The Balaban J connectivity index is 2.41. The van der Waals surface area contributed by atoms with Crippen LogP contribution < -0.4 is 0 Å². The summed E-state index contributed by atoms with van der Waals surface area (Å²) < 4.78 is 1.14. The number of aryl methyl sites for hydroxylation is 1. The first-order valence-corrected chi connectivity index (χ1v) is 5.26. The Hall–Kier alpha value is -0.630. The first-order valence-electron chi connectivity index (χ1n) is 4.47. The molecular formula is C11H14BrN. The van der Waals surface area contributed by atoms with Gasteiger partial charge >= 0.3 is 0 Å². The fraction of sp³-hybridized carbons (Fsp3) is 0.364. The lowest BCUT2D eigenvalue weighted by Gasteiger charge is -2.00. The van der Waals surface area contributed by atoms with Crippen molar-refractivity contribution in [1.29, 1.82) is 5.41 Å². The zero-order chi connectivity index (χ0) is 9.68. The molecule has 1 N–H and O–H groups in total. The van der Waals surface area contributed by atoms with E-state index in [9.17, 15) is 0 Å². The SMILES string of the molecule is CC(=N)CCCc1cccc([76Br])c1. The van der Waals surface area contributed by atoms with Crippen LogP contribution in [-0.2, 0) is 6.42 Å². The van der Waals surface area contributed by atoms with Crippen molar-refractivity contribution in [2.24, 2.45) is 0 Å². The lowest BCUT2D eigenvalue weighted by Crippen LogP contribution is -1.91. The highest BCUT2D eigenvalue weighted by Crippen LogP contribution is 2.13. The maximum Gasteiger partial charge on any atom is 0.0177 e. The average Bonchev–Trinajstić information content (AvgIpc) is 2.03. The number of nitrogens with one attached hydrogen (secondary N) is 1. The van der Waals surface area contributed by atoms with Crippen LogP contribution in [0, 0.1) is 5.41 Å². The van der Waals surface area contributed by atoms with E-state index in [1.165, 1.54) is 5.56 Å². The number of benzene rings is 1. The van der Waals surface area contributed by atoms with Crippen LogP contribution in [0.4, 0.5) is 0 Å². The minimum absolute atomic E-state index is 0.773. The molecular weight excluding hydrogens is 222 g/mol. The normalized spacial score (nSPS) is 10.0. The van der Waals surface area contributed by atoms with Crippen molar-refractivity contribution in [3.63, 3.8) is 0 Å². The number of halogens is 1. The maximum absolute atomic E-state index is 7.29. The van der Waals surface area contributed by atoms with E-state index >= 15 is 0 Å². The van der Waals surface area contributed by atoms with Gasteiger partial charge in [0, 0.05) is 10.2 Å². The van der Waals surface area contributed by atoms with Crippen molar-refractivity contribution in [2.45, 2.75) is 26.2 Å². The first-order chi connectivity index (χ1) is 6.18. The fourth-order valence-electron chi connectivity index (χ4n) is 1.25. The number of hydrogen-bond acceptors (Lipinski definition) is 1. The Morgan fingerprint density at radius 2 is 2.23 bits per heavy atom. The van der Waals surface area contributed by atoms with Crippen LogP contribution in [0.2, 0.25) is 0 Å². The molecule has 1 aromatic rings. The van der Waals surface area contributed by atoms with Gasteiger partial charge in [0.2, 0.25) is 0 Å². The molecule has 0 amide bonds. The number of hydrogen-bond donors (Lipinski definition) is 1. The molecule has 0 fully saturated rings. The summed E-state index contributed by atoms with van der Waals surface area (Å²) in [5, 5.41) is 7.29. The quantitative estimate of drug-likeness (QED) is 0.768. The van der Waals surface area contributed by atoms with E-state index in [1.54, 1.807) is 0 Å². The summed E-state index contributed by atoms with van der Waals surface area (Å²) in [6, 6.07) is 8.35. The molecule has 0 heterocycles. The molecule has 0 aliphatic carbocycles. The smallest absolute Gasteiger partial charge is 0.0177 e. The third-order valence-electron chi connectivity index (χ3n) is 1.91. The second-order valence-corrected chi connectivity index (χ2v) is 4.18. The summed E-state index contributed by atoms with van der Waals surface area (Å²) in [6.07, 6.45) is 3.05. The van der Waals surface area contributed by atoms with E-state index in [0.29, 0.717) is 0 Å². The Labute approximate surface area is 87.8 Å². The second-order valence-electron chi connectivity index (χ2n) is 3.26. The molecule has 2 heteroatoms. The van der Waals surface area contributed by atoms with E-state index in [4.69, 9.17) is 5.41 Å². The lowest BCUT2D eigenvalue weighted by molar-refractivity contribution is 0.859. The highest BCUT2D eigenvalue weighted by Gasteiger charge is 1.94. The summed E-state index contributed by atoms with van der Waals surface area (Å²) in [5.41, 5.74) is 2.12. The summed E-state index contributed by atoms with van der Waals surface area (Å²) in [4.78, 5) is 0. The second kappa shape index (κ2) is 5.18. The van der Waals surface area contributed by atoms with Gasteiger partial charge in [0.15, 0.2) is 0 Å². The minimum Gasteiger partial charge on any atom is -0.310 e. The van der Waals surface area contributed by atoms with Gasteiger partial charge in [-0.25, -0.2) is 0 Å². The van der Waals surface area contributed by atoms with E-state index in [2.05, 4.69) is 34.1 Å². The standard InChI is InChI=1S/C11H14BrN/c1-9(13)4-2-5-10-6-3-7-11(12)8-10/h3,6-8,13H,2,4-5H2,1H3/i12-4. The van der Waals surface area contributed by atoms with Crippen molar-refractivity contribution in [3.05, 3.63) is 34.3 Å². The topological polar surface area (TPSA) is 23.9 Å². The van der Waals surface area contributed by atoms with Gasteiger partial charge in [0.05, 0.1) is 0 Å². The molecule has 0 unspecified atom stereocenters.